The fraction of sp³-hybridized carbons (Fsp3) is 0.792. The van der Waals surface area contributed by atoms with E-state index in [9.17, 15) is 9.59 Å². The molecule has 3 heterocycles. The molecule has 0 bridgehead atoms. The zero-order chi connectivity index (χ0) is 24.7. The van der Waals surface area contributed by atoms with E-state index in [1.54, 1.807) is 7.11 Å². The van der Waals surface area contributed by atoms with E-state index in [1.807, 2.05) is 13.8 Å². The molecule has 34 heavy (non-hydrogen) atoms. The Kier molecular flexibility index (Phi) is 6.94. The number of allylic oxidation sites excluding steroid dienone is 1. The largest absolute Gasteiger partial charge is 0.443 e. The Bertz CT molecular complexity index is 962. The van der Waals surface area contributed by atoms with Crippen molar-refractivity contribution in [2.75, 3.05) is 13.7 Å². The first-order valence-corrected chi connectivity index (χ1v) is 12.1. The highest BCUT2D eigenvalue weighted by atomic mass is 16.6. The zero-order valence-corrected chi connectivity index (χ0v) is 20.9. The van der Waals surface area contributed by atoms with Gasteiger partial charge in [0, 0.05) is 19.6 Å². The number of hydrogen-bond donors (Lipinski definition) is 2. The van der Waals surface area contributed by atoms with Crippen LogP contribution in [0.4, 0.5) is 4.79 Å². The molecular formula is C24H37N3O7. The highest BCUT2D eigenvalue weighted by Crippen LogP contribution is 2.59. The van der Waals surface area contributed by atoms with E-state index in [4.69, 9.17) is 18.9 Å². The van der Waals surface area contributed by atoms with E-state index in [0.717, 1.165) is 12.8 Å². The highest BCUT2D eigenvalue weighted by Gasteiger charge is 2.72. The fourth-order valence-electron chi connectivity index (χ4n) is 5.40. The van der Waals surface area contributed by atoms with Crippen molar-refractivity contribution >= 4 is 6.09 Å². The van der Waals surface area contributed by atoms with Crippen LogP contribution in [0.3, 0.4) is 0 Å². The fourth-order valence-corrected chi connectivity index (χ4v) is 5.40. The van der Waals surface area contributed by atoms with E-state index >= 15 is 0 Å². The Morgan fingerprint density at radius 1 is 1.38 bits per heavy atom. The van der Waals surface area contributed by atoms with E-state index in [1.165, 1.54) is 5.57 Å². The van der Waals surface area contributed by atoms with Gasteiger partial charge in [0.1, 0.15) is 23.4 Å². The van der Waals surface area contributed by atoms with Gasteiger partial charge in [0.15, 0.2) is 5.82 Å². The standard InChI is InChI=1S/C24H37N3O7/c1-13(2)7-8-17-23(5,33-17)20-19(30-6)16(9-10-24(20)12-31-24)32-21(28)25-15(14(3)4)11-18-26-22(29)34-27-18/h7,14-17,19-20H,8-12H2,1-6H3,(H,25,28)(H,26,27,29)/t15-,16-,17-,19-,20?,23+,24+/m1/s1. The summed E-state index contributed by atoms with van der Waals surface area (Å²) in [5.41, 5.74) is 0.598. The lowest BCUT2D eigenvalue weighted by molar-refractivity contribution is -0.118. The van der Waals surface area contributed by atoms with Crippen molar-refractivity contribution in [2.45, 2.75) is 95.9 Å². The molecule has 1 amide bonds. The predicted octanol–water partition coefficient (Wildman–Crippen LogP) is 2.73. The topological polar surface area (TPSA) is 132 Å². The van der Waals surface area contributed by atoms with Gasteiger partial charge in [0.2, 0.25) is 0 Å². The monoisotopic (exact) mass is 479 g/mol. The molecule has 1 aromatic heterocycles. The molecule has 0 aromatic carbocycles. The van der Waals surface area contributed by atoms with Gasteiger partial charge in [-0.2, -0.15) is 0 Å². The van der Waals surface area contributed by atoms with Crippen LogP contribution in [0.25, 0.3) is 0 Å². The average molecular weight is 480 g/mol. The lowest BCUT2D eigenvalue weighted by Gasteiger charge is -2.42. The number of hydrogen-bond acceptors (Lipinski definition) is 8. The summed E-state index contributed by atoms with van der Waals surface area (Å²) < 4.78 is 28.6. The molecule has 2 saturated heterocycles. The second-order valence-corrected chi connectivity index (χ2v) is 10.6. The van der Waals surface area contributed by atoms with E-state index in [-0.39, 0.29) is 41.3 Å². The van der Waals surface area contributed by atoms with Gasteiger partial charge in [-0.15, -0.1) is 0 Å². The third-order valence-corrected chi connectivity index (χ3v) is 7.50. The Labute approximate surface area is 199 Å². The van der Waals surface area contributed by atoms with Crippen LogP contribution in [-0.2, 0) is 25.4 Å². The van der Waals surface area contributed by atoms with Gasteiger partial charge in [-0.1, -0.05) is 30.7 Å². The first kappa shape index (κ1) is 24.9. The number of nitrogens with zero attached hydrogens (tertiary/aromatic N) is 1. The molecule has 1 spiro atoms. The smallest absolute Gasteiger partial charge is 0.438 e. The normalized spacial score (nSPS) is 35.1. The maximum atomic E-state index is 12.9. The van der Waals surface area contributed by atoms with Crippen LogP contribution in [-0.4, -0.2) is 65.5 Å². The molecule has 10 heteroatoms. The highest BCUT2D eigenvalue weighted by molar-refractivity contribution is 5.68. The summed E-state index contributed by atoms with van der Waals surface area (Å²) in [4.78, 5) is 26.7. The first-order chi connectivity index (χ1) is 16.1. The van der Waals surface area contributed by atoms with Crippen LogP contribution in [0.1, 0.15) is 59.7 Å². The maximum absolute atomic E-state index is 12.9. The van der Waals surface area contributed by atoms with Crippen molar-refractivity contribution in [3.8, 4) is 0 Å². The van der Waals surface area contributed by atoms with Crippen molar-refractivity contribution in [2.24, 2.45) is 11.8 Å². The number of ether oxygens (including phenoxy) is 4. The number of carbonyl (C=O) groups excluding carboxylic acids is 1. The van der Waals surface area contributed by atoms with Crippen molar-refractivity contribution < 1.29 is 28.3 Å². The van der Waals surface area contributed by atoms with Crippen LogP contribution in [0.15, 0.2) is 21.0 Å². The molecule has 2 aliphatic heterocycles. The molecule has 1 saturated carbocycles. The number of nitrogens with one attached hydrogen (secondary N) is 2. The van der Waals surface area contributed by atoms with E-state index in [0.29, 0.717) is 25.3 Å². The molecule has 2 N–H and O–H groups in total. The molecule has 1 unspecified atom stereocenters. The Hall–Kier alpha value is -2.17. The third-order valence-electron chi connectivity index (χ3n) is 7.50. The van der Waals surface area contributed by atoms with Gasteiger partial charge in [0.25, 0.3) is 0 Å². The minimum absolute atomic E-state index is 0.0341. The summed E-state index contributed by atoms with van der Waals surface area (Å²) in [7, 11) is 1.65. The van der Waals surface area contributed by atoms with Crippen molar-refractivity contribution in [3.05, 3.63) is 28.0 Å². The van der Waals surface area contributed by atoms with Crippen molar-refractivity contribution in [1.82, 2.24) is 15.5 Å². The Balaban J connectivity index is 1.43. The van der Waals surface area contributed by atoms with Gasteiger partial charge in [0.05, 0.1) is 18.6 Å². The molecule has 1 aliphatic carbocycles. The van der Waals surface area contributed by atoms with Crippen LogP contribution in [0.2, 0.25) is 0 Å². The summed E-state index contributed by atoms with van der Waals surface area (Å²) in [5, 5.41) is 6.62. The predicted molar refractivity (Wildman–Crippen MR) is 122 cm³/mol. The van der Waals surface area contributed by atoms with Crippen molar-refractivity contribution in [3.63, 3.8) is 0 Å². The number of aromatic nitrogens is 2. The molecular weight excluding hydrogens is 442 g/mol. The van der Waals surface area contributed by atoms with Gasteiger partial charge in [-0.3, -0.25) is 9.51 Å². The summed E-state index contributed by atoms with van der Waals surface area (Å²) >= 11 is 0. The molecule has 190 valence electrons. The quantitative estimate of drug-likeness (QED) is 0.408. The van der Waals surface area contributed by atoms with Crippen LogP contribution >= 0.6 is 0 Å². The number of rotatable bonds is 9. The number of alkyl carbamates (subject to hydrolysis) is 1. The van der Waals surface area contributed by atoms with Crippen LogP contribution in [0, 0.1) is 11.8 Å². The number of amides is 1. The second-order valence-electron chi connectivity index (χ2n) is 10.6. The van der Waals surface area contributed by atoms with Crippen molar-refractivity contribution in [1.29, 1.82) is 0 Å². The molecule has 4 rings (SSSR count). The lowest BCUT2D eigenvalue weighted by atomic mass is 9.68. The maximum Gasteiger partial charge on any atom is 0.438 e. The third kappa shape index (κ3) is 5.08. The molecule has 10 nitrogen and oxygen atoms in total. The zero-order valence-electron chi connectivity index (χ0n) is 20.9. The minimum Gasteiger partial charge on any atom is -0.443 e. The van der Waals surface area contributed by atoms with Gasteiger partial charge in [-0.05, 0) is 46.0 Å². The lowest BCUT2D eigenvalue weighted by Crippen LogP contribution is -2.56. The summed E-state index contributed by atoms with van der Waals surface area (Å²) in [5.74, 6) is -0.187. The number of methoxy groups -OCH3 is 1. The molecule has 3 fully saturated rings. The van der Waals surface area contributed by atoms with E-state index < -0.39 is 18.0 Å². The summed E-state index contributed by atoms with van der Waals surface area (Å²) in [6.07, 6.45) is 3.61. The number of aromatic amines is 1. The van der Waals surface area contributed by atoms with Gasteiger partial charge < -0.3 is 24.3 Å². The first-order valence-electron chi connectivity index (χ1n) is 12.1. The number of carbonyl (C=O) groups is 1. The average Bonchev–Trinajstić information content (AvgIpc) is 3.64. The molecule has 0 radical (unpaired) electrons. The Morgan fingerprint density at radius 3 is 2.68 bits per heavy atom. The SMILES string of the molecule is CO[C@H]1C([C@@]2(C)O[C@@H]2CC=C(C)C)[C@]2(CC[C@H]1OC(=O)N[C@H](Cc1noc(=O)[nH]1)C(C)C)CO2. The van der Waals surface area contributed by atoms with Gasteiger partial charge in [-0.25, -0.2) is 9.59 Å². The Morgan fingerprint density at radius 2 is 2.12 bits per heavy atom. The molecule has 1 aromatic rings. The van der Waals surface area contributed by atoms with Crippen LogP contribution in [0.5, 0.6) is 0 Å². The van der Waals surface area contributed by atoms with E-state index in [2.05, 4.69) is 46.8 Å². The number of epoxide rings is 2. The summed E-state index contributed by atoms with van der Waals surface area (Å²) in [6.45, 7) is 10.9. The second kappa shape index (κ2) is 9.47. The van der Waals surface area contributed by atoms with Gasteiger partial charge >= 0.3 is 11.8 Å². The minimum atomic E-state index is -0.619. The molecule has 3 aliphatic rings. The van der Waals surface area contributed by atoms with Crippen LogP contribution < -0.4 is 11.1 Å². The summed E-state index contributed by atoms with van der Waals surface area (Å²) in [6, 6.07) is -0.288. The number of H-pyrrole nitrogens is 1. The molecule has 7 atom stereocenters.